The van der Waals surface area contributed by atoms with Crippen LogP contribution in [0.1, 0.15) is 19.5 Å². The number of fused-ring (bicyclic) bond motifs is 1. The van der Waals surface area contributed by atoms with E-state index in [1.807, 2.05) is 13.8 Å². The maximum atomic E-state index is 5.35. The van der Waals surface area contributed by atoms with E-state index in [0.717, 1.165) is 17.2 Å². The Bertz CT molecular complexity index is 313. The highest BCUT2D eigenvalue weighted by atomic mass is 16.5. The predicted octanol–water partition coefficient (Wildman–Crippen LogP) is 1.02. The van der Waals surface area contributed by atoms with Crippen LogP contribution in [0.2, 0.25) is 0 Å². The summed E-state index contributed by atoms with van der Waals surface area (Å²) >= 11 is 0. The zero-order valence-corrected chi connectivity index (χ0v) is 6.53. The third-order valence-corrected chi connectivity index (χ3v) is 1.88. The lowest BCUT2D eigenvalue weighted by atomic mass is 10.3. The van der Waals surface area contributed by atoms with Gasteiger partial charge in [-0.2, -0.15) is 0 Å². The third-order valence-electron chi connectivity index (χ3n) is 1.88. The number of ether oxygens (including phenoxy) is 1. The van der Waals surface area contributed by atoms with Crippen molar-refractivity contribution in [1.29, 1.82) is 0 Å². The van der Waals surface area contributed by atoms with Crippen LogP contribution in [0.15, 0.2) is 12.0 Å². The lowest BCUT2D eigenvalue weighted by Gasteiger charge is -2.16. The Morgan fingerprint density at radius 3 is 3.18 bits per heavy atom. The molecule has 0 bridgehead atoms. The molecule has 0 saturated carbocycles. The van der Waals surface area contributed by atoms with Crippen LogP contribution >= 0.6 is 0 Å². The Morgan fingerprint density at radius 1 is 1.55 bits per heavy atom. The zero-order chi connectivity index (χ0) is 7.84. The van der Waals surface area contributed by atoms with Crippen molar-refractivity contribution in [3.63, 3.8) is 0 Å². The lowest BCUT2D eigenvalue weighted by molar-refractivity contribution is 0.184. The van der Waals surface area contributed by atoms with E-state index in [4.69, 9.17) is 4.74 Å². The van der Waals surface area contributed by atoms with Crippen molar-refractivity contribution in [1.82, 2.24) is 15.0 Å². The van der Waals surface area contributed by atoms with Gasteiger partial charge in [-0.1, -0.05) is 5.21 Å². The number of hydrogen-bond donors (Lipinski definition) is 0. The molecule has 2 rings (SSSR count). The maximum Gasteiger partial charge on any atom is 0.132 e. The smallest absolute Gasteiger partial charge is 0.132 e. The molecule has 0 unspecified atom stereocenters. The average molecular weight is 151 g/mol. The Labute approximate surface area is 64.5 Å². The Hall–Kier alpha value is -1.32. The second-order valence-corrected chi connectivity index (χ2v) is 2.57. The van der Waals surface area contributed by atoms with Crippen LogP contribution in [0.25, 0.3) is 5.70 Å². The van der Waals surface area contributed by atoms with Gasteiger partial charge in [-0.3, -0.25) is 0 Å². The number of hydrogen-bond acceptors (Lipinski definition) is 3. The van der Waals surface area contributed by atoms with Crippen LogP contribution in [0.4, 0.5) is 0 Å². The van der Waals surface area contributed by atoms with Gasteiger partial charge in [0, 0.05) is 0 Å². The Morgan fingerprint density at radius 2 is 2.36 bits per heavy atom. The third kappa shape index (κ3) is 0.824. The van der Waals surface area contributed by atoms with Crippen molar-refractivity contribution in [2.24, 2.45) is 0 Å². The fourth-order valence-electron chi connectivity index (χ4n) is 1.07. The van der Waals surface area contributed by atoms with Gasteiger partial charge in [0.1, 0.15) is 18.1 Å². The SMILES string of the molecule is CC1=C(C)n2nncc2CO1. The summed E-state index contributed by atoms with van der Waals surface area (Å²) in [5.41, 5.74) is 2.02. The fourth-order valence-corrected chi connectivity index (χ4v) is 1.07. The highest BCUT2D eigenvalue weighted by Crippen LogP contribution is 2.19. The first-order valence-electron chi connectivity index (χ1n) is 3.49. The molecular formula is C7H9N3O. The van der Waals surface area contributed by atoms with Gasteiger partial charge in [0.05, 0.1) is 11.9 Å². The minimum Gasteiger partial charge on any atom is -0.490 e. The number of rotatable bonds is 0. The molecule has 0 radical (unpaired) electrons. The molecule has 1 aromatic heterocycles. The number of allylic oxidation sites excluding steroid dienone is 2. The predicted molar refractivity (Wildman–Crippen MR) is 39.4 cm³/mol. The van der Waals surface area contributed by atoms with E-state index >= 15 is 0 Å². The first-order chi connectivity index (χ1) is 5.29. The minimum absolute atomic E-state index is 0.580. The summed E-state index contributed by atoms with van der Waals surface area (Å²) in [6.07, 6.45) is 1.72. The number of aromatic nitrogens is 3. The van der Waals surface area contributed by atoms with E-state index in [0.29, 0.717) is 6.61 Å². The van der Waals surface area contributed by atoms with Crippen molar-refractivity contribution >= 4 is 5.70 Å². The molecule has 0 N–H and O–H groups in total. The van der Waals surface area contributed by atoms with Gasteiger partial charge < -0.3 is 4.74 Å². The van der Waals surface area contributed by atoms with Crippen LogP contribution in [0.3, 0.4) is 0 Å². The van der Waals surface area contributed by atoms with Gasteiger partial charge in [-0.05, 0) is 13.8 Å². The van der Waals surface area contributed by atoms with Crippen LogP contribution in [0.5, 0.6) is 0 Å². The topological polar surface area (TPSA) is 39.9 Å². The Kier molecular flexibility index (Phi) is 1.21. The molecule has 0 spiro atoms. The maximum absolute atomic E-state index is 5.35. The fraction of sp³-hybridized carbons (Fsp3) is 0.429. The first-order valence-corrected chi connectivity index (χ1v) is 3.49. The van der Waals surface area contributed by atoms with E-state index in [9.17, 15) is 0 Å². The van der Waals surface area contributed by atoms with Crippen LogP contribution in [-0.4, -0.2) is 15.0 Å². The Balaban J connectivity index is 2.57. The van der Waals surface area contributed by atoms with E-state index in [1.54, 1.807) is 10.9 Å². The van der Waals surface area contributed by atoms with Gasteiger partial charge >= 0.3 is 0 Å². The van der Waals surface area contributed by atoms with Gasteiger partial charge in [-0.25, -0.2) is 4.68 Å². The van der Waals surface area contributed by atoms with Gasteiger partial charge in [0.25, 0.3) is 0 Å². The highest BCUT2D eigenvalue weighted by Gasteiger charge is 2.14. The molecule has 11 heavy (non-hydrogen) atoms. The molecule has 0 aliphatic carbocycles. The van der Waals surface area contributed by atoms with E-state index < -0.39 is 0 Å². The molecule has 0 aromatic carbocycles. The van der Waals surface area contributed by atoms with Crippen LogP contribution in [-0.2, 0) is 11.3 Å². The summed E-state index contributed by atoms with van der Waals surface area (Å²) in [7, 11) is 0. The van der Waals surface area contributed by atoms with Crippen LogP contribution < -0.4 is 0 Å². The molecule has 4 heteroatoms. The molecule has 0 amide bonds. The van der Waals surface area contributed by atoms with Crippen molar-refractivity contribution < 1.29 is 4.74 Å². The van der Waals surface area contributed by atoms with Crippen LogP contribution in [0, 0.1) is 0 Å². The molecule has 0 saturated heterocycles. The summed E-state index contributed by atoms with van der Waals surface area (Å²) < 4.78 is 7.16. The summed E-state index contributed by atoms with van der Waals surface area (Å²) in [4.78, 5) is 0. The molecule has 0 atom stereocenters. The summed E-state index contributed by atoms with van der Waals surface area (Å²) in [5.74, 6) is 0.919. The van der Waals surface area contributed by atoms with Crippen molar-refractivity contribution in [3.8, 4) is 0 Å². The summed E-state index contributed by atoms with van der Waals surface area (Å²) in [5, 5.41) is 7.70. The molecule has 2 heterocycles. The van der Waals surface area contributed by atoms with E-state index in [2.05, 4.69) is 10.3 Å². The quantitative estimate of drug-likeness (QED) is 0.555. The van der Waals surface area contributed by atoms with Gasteiger partial charge in [0.15, 0.2) is 0 Å². The monoisotopic (exact) mass is 151 g/mol. The zero-order valence-electron chi connectivity index (χ0n) is 6.53. The van der Waals surface area contributed by atoms with Crippen molar-refractivity contribution in [2.45, 2.75) is 20.5 Å². The van der Waals surface area contributed by atoms with Gasteiger partial charge in [-0.15, -0.1) is 5.10 Å². The largest absolute Gasteiger partial charge is 0.490 e. The van der Waals surface area contributed by atoms with E-state index in [-0.39, 0.29) is 0 Å². The standard InChI is InChI=1S/C7H9N3O/c1-5-6(2)11-4-7-3-8-9-10(5)7/h3H,4H2,1-2H3. The molecular weight excluding hydrogens is 142 g/mol. The van der Waals surface area contributed by atoms with Crippen molar-refractivity contribution in [3.05, 3.63) is 17.6 Å². The molecule has 1 aromatic rings. The molecule has 58 valence electrons. The summed E-state index contributed by atoms with van der Waals surface area (Å²) in [6.45, 7) is 4.47. The highest BCUT2D eigenvalue weighted by molar-refractivity contribution is 5.45. The first kappa shape index (κ1) is 6.39. The molecule has 1 aliphatic rings. The second-order valence-electron chi connectivity index (χ2n) is 2.57. The van der Waals surface area contributed by atoms with E-state index in [1.165, 1.54) is 0 Å². The normalized spacial score (nSPS) is 16.2. The van der Waals surface area contributed by atoms with Gasteiger partial charge in [0.2, 0.25) is 0 Å². The minimum atomic E-state index is 0.580. The second kappa shape index (κ2) is 2.08. The van der Waals surface area contributed by atoms with Crippen molar-refractivity contribution in [2.75, 3.05) is 0 Å². The molecule has 1 aliphatic heterocycles. The summed E-state index contributed by atoms with van der Waals surface area (Å²) in [6, 6.07) is 0. The number of nitrogens with zero attached hydrogens (tertiary/aromatic N) is 3. The molecule has 4 nitrogen and oxygen atoms in total. The average Bonchev–Trinajstić information content (AvgIpc) is 2.45. The lowest BCUT2D eigenvalue weighted by Crippen LogP contribution is -2.11. The molecule has 0 fully saturated rings.